The van der Waals surface area contributed by atoms with Crippen LogP contribution in [0.2, 0.25) is 0 Å². The molecular formula is C27H25F3N6O2S. The van der Waals surface area contributed by atoms with Crippen LogP contribution in [0.15, 0.2) is 59.6 Å². The third-order valence-electron chi connectivity index (χ3n) is 6.55. The quantitative estimate of drug-likeness (QED) is 0.334. The molecule has 0 spiro atoms. The second-order valence-corrected chi connectivity index (χ2v) is 10.3. The van der Waals surface area contributed by atoms with Gasteiger partial charge in [-0.1, -0.05) is 24.3 Å². The summed E-state index contributed by atoms with van der Waals surface area (Å²) in [7, 11) is 0. The predicted octanol–water partition coefficient (Wildman–Crippen LogP) is 5.39. The molecule has 8 nitrogen and oxygen atoms in total. The van der Waals surface area contributed by atoms with Crippen molar-refractivity contribution in [3.63, 3.8) is 0 Å². The Balaban J connectivity index is 1.14. The van der Waals surface area contributed by atoms with Crippen molar-refractivity contribution in [3.8, 4) is 11.3 Å². The molecule has 0 atom stereocenters. The highest BCUT2D eigenvalue weighted by molar-refractivity contribution is 8.18. The number of imide groups is 1. The molecule has 1 aromatic carbocycles. The van der Waals surface area contributed by atoms with Gasteiger partial charge in [0.15, 0.2) is 0 Å². The molecule has 1 saturated heterocycles. The molecule has 3 heterocycles. The summed E-state index contributed by atoms with van der Waals surface area (Å²) in [6.07, 6.45) is 2.27. The summed E-state index contributed by atoms with van der Waals surface area (Å²) in [5.41, 5.74) is 0.881. The number of pyridine rings is 1. The molecule has 3 aromatic rings. The number of aromatic nitrogens is 3. The molecule has 2 fully saturated rings. The predicted molar refractivity (Wildman–Crippen MR) is 142 cm³/mol. The van der Waals surface area contributed by atoms with Crippen molar-refractivity contribution >= 4 is 34.9 Å². The Hall–Kier alpha value is -3.77. The summed E-state index contributed by atoms with van der Waals surface area (Å²) in [6, 6.07) is 12.7. The van der Waals surface area contributed by atoms with Crippen LogP contribution in [0.4, 0.5) is 23.9 Å². The van der Waals surface area contributed by atoms with Crippen molar-refractivity contribution in [1.29, 1.82) is 0 Å². The van der Waals surface area contributed by atoms with Crippen LogP contribution in [0.25, 0.3) is 17.3 Å². The summed E-state index contributed by atoms with van der Waals surface area (Å²) in [4.78, 5) is 36.6. The maximum atomic E-state index is 13.4. The van der Waals surface area contributed by atoms with E-state index in [1.807, 2.05) is 6.07 Å². The first-order valence-electron chi connectivity index (χ1n) is 12.4. The van der Waals surface area contributed by atoms with Crippen molar-refractivity contribution in [3.05, 3.63) is 76.6 Å². The van der Waals surface area contributed by atoms with Crippen LogP contribution in [0.1, 0.15) is 42.6 Å². The number of anilines is 1. The van der Waals surface area contributed by atoms with Gasteiger partial charge in [0, 0.05) is 30.4 Å². The maximum absolute atomic E-state index is 13.4. The van der Waals surface area contributed by atoms with Crippen molar-refractivity contribution in [2.45, 2.75) is 50.5 Å². The number of rotatable bonds is 7. The normalized spacial score (nSPS) is 20.7. The van der Waals surface area contributed by atoms with Gasteiger partial charge >= 0.3 is 6.18 Å². The first-order chi connectivity index (χ1) is 18.7. The minimum atomic E-state index is -4.45. The number of carbonyl (C=O) groups is 2. The zero-order valence-electron chi connectivity index (χ0n) is 20.7. The number of alkyl halides is 3. The largest absolute Gasteiger partial charge is 0.417 e. The second-order valence-electron chi connectivity index (χ2n) is 9.29. The minimum absolute atomic E-state index is 0.0691. The highest BCUT2D eigenvalue weighted by atomic mass is 32.2. The van der Waals surface area contributed by atoms with Gasteiger partial charge in [0.25, 0.3) is 11.1 Å². The van der Waals surface area contributed by atoms with E-state index in [1.54, 1.807) is 36.5 Å². The van der Waals surface area contributed by atoms with Crippen molar-refractivity contribution in [2.75, 3.05) is 5.32 Å². The standard InChI is InChI=1S/C27H25F3N6O2S/c28-27(29,30)21-6-2-1-5-20(21)22-7-3-4-19(33-22)15-32-16-8-10-17(11-9-16)34-25-31-13-12-18(35-25)14-23-24(37)36-26(38)39-23/h1-7,12-14,16-17,32H,8-11,15H2,(H,31,34,35)(H,36,37,38). The molecule has 202 valence electrons. The van der Waals surface area contributed by atoms with E-state index >= 15 is 0 Å². The lowest BCUT2D eigenvalue weighted by Gasteiger charge is -2.29. The second kappa shape index (κ2) is 11.5. The van der Waals surface area contributed by atoms with E-state index in [9.17, 15) is 22.8 Å². The molecule has 5 rings (SSSR count). The number of nitrogens with zero attached hydrogens (tertiary/aromatic N) is 3. The average molecular weight is 555 g/mol. The number of benzene rings is 1. The van der Waals surface area contributed by atoms with E-state index in [1.165, 1.54) is 12.1 Å². The van der Waals surface area contributed by atoms with Crippen molar-refractivity contribution in [2.24, 2.45) is 0 Å². The Morgan fingerprint density at radius 1 is 0.974 bits per heavy atom. The Morgan fingerprint density at radius 2 is 1.74 bits per heavy atom. The number of thioether (sulfide) groups is 1. The highest BCUT2D eigenvalue weighted by Crippen LogP contribution is 2.36. The van der Waals surface area contributed by atoms with Gasteiger partial charge in [-0.3, -0.25) is 19.9 Å². The number of amides is 2. The Bertz CT molecular complexity index is 1410. The van der Waals surface area contributed by atoms with Crippen LogP contribution in [-0.4, -0.2) is 38.2 Å². The Labute approximate surface area is 226 Å². The zero-order chi connectivity index (χ0) is 27.4. The summed E-state index contributed by atoms with van der Waals surface area (Å²) >= 11 is 0.838. The van der Waals surface area contributed by atoms with Crippen LogP contribution >= 0.6 is 11.8 Å². The third kappa shape index (κ3) is 6.82. The fourth-order valence-corrected chi connectivity index (χ4v) is 5.30. The molecule has 0 bridgehead atoms. The van der Waals surface area contributed by atoms with E-state index in [4.69, 9.17) is 0 Å². The van der Waals surface area contributed by atoms with Crippen LogP contribution < -0.4 is 16.0 Å². The van der Waals surface area contributed by atoms with Gasteiger partial charge < -0.3 is 10.6 Å². The molecule has 1 saturated carbocycles. The first kappa shape index (κ1) is 26.8. The monoisotopic (exact) mass is 554 g/mol. The maximum Gasteiger partial charge on any atom is 0.417 e. The van der Waals surface area contributed by atoms with E-state index in [0.29, 0.717) is 34.5 Å². The molecule has 2 aliphatic rings. The highest BCUT2D eigenvalue weighted by Gasteiger charge is 2.33. The van der Waals surface area contributed by atoms with E-state index in [-0.39, 0.29) is 17.6 Å². The van der Waals surface area contributed by atoms with Crippen LogP contribution in [0.5, 0.6) is 0 Å². The summed E-state index contributed by atoms with van der Waals surface area (Å²) < 4.78 is 40.3. The van der Waals surface area contributed by atoms with E-state index < -0.39 is 22.9 Å². The smallest absolute Gasteiger partial charge is 0.351 e. The van der Waals surface area contributed by atoms with E-state index in [2.05, 4.69) is 30.9 Å². The molecule has 2 aromatic heterocycles. The summed E-state index contributed by atoms with van der Waals surface area (Å²) in [6.45, 7) is 0.457. The molecule has 3 N–H and O–H groups in total. The molecule has 1 aliphatic heterocycles. The van der Waals surface area contributed by atoms with Crippen LogP contribution in [0, 0.1) is 0 Å². The molecule has 12 heteroatoms. The van der Waals surface area contributed by atoms with Crippen LogP contribution in [0.3, 0.4) is 0 Å². The van der Waals surface area contributed by atoms with Gasteiger partial charge in [-0.25, -0.2) is 9.97 Å². The van der Waals surface area contributed by atoms with Crippen molar-refractivity contribution < 1.29 is 22.8 Å². The SMILES string of the molecule is O=C1NC(=O)C(=Cc2ccnc(NC3CCC(NCc4cccc(-c5ccccc5C(F)(F)F)n4)CC3)n2)S1. The average Bonchev–Trinajstić information content (AvgIpc) is 3.24. The number of carbonyl (C=O) groups excluding carboxylic acids is 2. The van der Waals surface area contributed by atoms with Crippen LogP contribution in [-0.2, 0) is 17.5 Å². The van der Waals surface area contributed by atoms with Gasteiger partial charge in [0.1, 0.15) is 0 Å². The molecule has 39 heavy (non-hydrogen) atoms. The summed E-state index contributed by atoms with van der Waals surface area (Å²) in [5, 5.41) is 8.64. The van der Waals surface area contributed by atoms with Gasteiger partial charge in [-0.2, -0.15) is 13.2 Å². The molecule has 1 aliphatic carbocycles. The first-order valence-corrected chi connectivity index (χ1v) is 13.3. The fraction of sp³-hybridized carbons (Fsp3) is 0.296. The molecular weight excluding hydrogens is 529 g/mol. The van der Waals surface area contributed by atoms with Gasteiger partial charge in [0.2, 0.25) is 5.95 Å². The fourth-order valence-electron chi connectivity index (χ4n) is 4.63. The van der Waals surface area contributed by atoms with Gasteiger partial charge in [0.05, 0.1) is 27.6 Å². The lowest BCUT2D eigenvalue weighted by molar-refractivity contribution is -0.137. The lowest BCUT2D eigenvalue weighted by atomic mass is 9.91. The number of hydrogen-bond donors (Lipinski definition) is 3. The lowest BCUT2D eigenvalue weighted by Crippen LogP contribution is -2.37. The molecule has 2 amide bonds. The number of nitrogens with one attached hydrogen (secondary N) is 3. The Morgan fingerprint density at radius 3 is 2.49 bits per heavy atom. The topological polar surface area (TPSA) is 109 Å². The number of hydrogen-bond acceptors (Lipinski definition) is 8. The van der Waals surface area contributed by atoms with Gasteiger partial charge in [-0.05, 0) is 67.8 Å². The molecule has 0 radical (unpaired) electrons. The number of halogens is 3. The summed E-state index contributed by atoms with van der Waals surface area (Å²) in [5.74, 6) is 0.0210. The van der Waals surface area contributed by atoms with E-state index in [0.717, 1.165) is 43.5 Å². The molecule has 0 unspecified atom stereocenters. The Kier molecular flexibility index (Phi) is 7.94. The third-order valence-corrected chi connectivity index (χ3v) is 7.36. The van der Waals surface area contributed by atoms with Gasteiger partial charge in [-0.15, -0.1) is 0 Å². The minimum Gasteiger partial charge on any atom is -0.351 e. The zero-order valence-corrected chi connectivity index (χ0v) is 21.5. The van der Waals surface area contributed by atoms with Crippen molar-refractivity contribution in [1.82, 2.24) is 25.6 Å².